The quantitative estimate of drug-likeness (QED) is 0.478. The van der Waals surface area contributed by atoms with Crippen LogP contribution in [0.15, 0.2) is 52.0 Å². The first kappa shape index (κ1) is 16.7. The number of thiocarbonyl (C=S) groups is 1. The van der Waals surface area contributed by atoms with E-state index in [4.69, 9.17) is 21.7 Å². The normalized spacial score (nSPS) is 12.4. The van der Waals surface area contributed by atoms with Gasteiger partial charge in [0.2, 0.25) is 6.79 Å². The molecule has 1 aliphatic heterocycles. The van der Waals surface area contributed by atoms with E-state index in [0.717, 1.165) is 21.3 Å². The predicted octanol–water partition coefficient (Wildman–Crippen LogP) is 3.52. The van der Waals surface area contributed by atoms with E-state index >= 15 is 0 Å². The van der Waals surface area contributed by atoms with Crippen molar-refractivity contribution in [2.45, 2.75) is 6.54 Å². The lowest BCUT2D eigenvalue weighted by molar-refractivity contribution is 0.173. The molecule has 124 valence electrons. The van der Waals surface area contributed by atoms with Gasteiger partial charge in [-0.1, -0.05) is 30.3 Å². The zero-order valence-electron chi connectivity index (χ0n) is 13.0. The van der Waals surface area contributed by atoms with Gasteiger partial charge in [0.25, 0.3) is 0 Å². The fraction of sp³-hybridized carbons (Fsp3) is 0.176. The van der Waals surface area contributed by atoms with Crippen LogP contribution in [0.1, 0.15) is 11.1 Å². The highest BCUT2D eigenvalue weighted by atomic mass is 79.9. The molecular formula is C17H16BrN3O2S. The number of benzene rings is 2. The molecule has 0 aromatic heterocycles. The highest BCUT2D eigenvalue weighted by Crippen LogP contribution is 2.39. The van der Waals surface area contributed by atoms with Crippen LogP contribution in [0.2, 0.25) is 0 Å². The zero-order chi connectivity index (χ0) is 16.9. The van der Waals surface area contributed by atoms with Crippen LogP contribution in [0, 0.1) is 0 Å². The third-order valence-corrected chi connectivity index (χ3v) is 4.41. The lowest BCUT2D eigenvalue weighted by Crippen LogP contribution is -2.33. The van der Waals surface area contributed by atoms with Gasteiger partial charge in [0.05, 0.1) is 10.7 Å². The van der Waals surface area contributed by atoms with Crippen molar-refractivity contribution in [1.82, 2.24) is 10.3 Å². The molecule has 0 amide bonds. The Balaban J connectivity index is 1.59. The number of hydrogen-bond donors (Lipinski definition) is 1. The topological polar surface area (TPSA) is 46.1 Å². The van der Waals surface area contributed by atoms with E-state index in [1.165, 1.54) is 0 Å². The van der Waals surface area contributed by atoms with Gasteiger partial charge < -0.3 is 14.8 Å². The van der Waals surface area contributed by atoms with Gasteiger partial charge in [-0.25, -0.2) is 5.01 Å². The van der Waals surface area contributed by atoms with Gasteiger partial charge in [-0.15, -0.1) is 0 Å². The molecule has 3 rings (SSSR count). The Morgan fingerprint density at radius 3 is 2.92 bits per heavy atom. The second-order valence-corrected chi connectivity index (χ2v) is 6.39. The minimum atomic E-state index is 0.238. The molecule has 1 aliphatic rings. The smallest absolute Gasteiger partial charge is 0.231 e. The molecule has 0 bridgehead atoms. The van der Waals surface area contributed by atoms with Crippen molar-refractivity contribution >= 4 is 39.5 Å². The van der Waals surface area contributed by atoms with E-state index in [-0.39, 0.29) is 6.79 Å². The van der Waals surface area contributed by atoms with Crippen molar-refractivity contribution in [3.05, 3.63) is 58.1 Å². The van der Waals surface area contributed by atoms with Crippen molar-refractivity contribution < 1.29 is 9.47 Å². The van der Waals surface area contributed by atoms with E-state index in [9.17, 15) is 0 Å². The summed E-state index contributed by atoms with van der Waals surface area (Å²) >= 11 is 8.81. The van der Waals surface area contributed by atoms with Crippen molar-refractivity contribution in [1.29, 1.82) is 0 Å². The Morgan fingerprint density at radius 1 is 1.33 bits per heavy atom. The van der Waals surface area contributed by atoms with Crippen molar-refractivity contribution in [3.63, 3.8) is 0 Å². The summed E-state index contributed by atoms with van der Waals surface area (Å²) in [4.78, 5) is 0. The molecule has 0 radical (unpaired) electrons. The van der Waals surface area contributed by atoms with Crippen LogP contribution in [0.5, 0.6) is 11.5 Å². The maximum Gasteiger partial charge on any atom is 0.231 e. The Kier molecular flexibility index (Phi) is 5.32. The van der Waals surface area contributed by atoms with E-state index in [0.29, 0.717) is 17.4 Å². The van der Waals surface area contributed by atoms with Crippen molar-refractivity contribution in [2.75, 3.05) is 13.8 Å². The van der Waals surface area contributed by atoms with Crippen LogP contribution in [0.4, 0.5) is 0 Å². The molecule has 1 heterocycles. The summed E-state index contributed by atoms with van der Waals surface area (Å²) < 4.78 is 11.6. The zero-order valence-corrected chi connectivity index (χ0v) is 15.4. The third kappa shape index (κ3) is 4.04. The number of ether oxygens (including phenoxy) is 2. The molecule has 2 aromatic rings. The Bertz CT molecular complexity index is 768. The molecule has 2 aromatic carbocycles. The number of fused-ring (bicyclic) bond motifs is 1. The minimum Gasteiger partial charge on any atom is -0.454 e. The first-order valence-corrected chi connectivity index (χ1v) is 8.52. The van der Waals surface area contributed by atoms with E-state index < -0.39 is 0 Å². The summed E-state index contributed by atoms with van der Waals surface area (Å²) in [6.45, 7) is 0.900. The number of hydrazone groups is 1. The van der Waals surface area contributed by atoms with Crippen LogP contribution in [-0.4, -0.2) is 30.2 Å². The monoisotopic (exact) mass is 405 g/mol. The van der Waals surface area contributed by atoms with E-state index in [1.54, 1.807) is 18.3 Å². The van der Waals surface area contributed by atoms with Crippen molar-refractivity contribution in [3.8, 4) is 11.5 Å². The van der Waals surface area contributed by atoms with Crippen LogP contribution in [-0.2, 0) is 6.54 Å². The first-order chi connectivity index (χ1) is 11.6. The first-order valence-electron chi connectivity index (χ1n) is 7.32. The number of nitrogens with one attached hydrogen (secondary N) is 1. The minimum absolute atomic E-state index is 0.238. The van der Waals surface area contributed by atoms with Gasteiger partial charge in [0, 0.05) is 13.6 Å². The van der Waals surface area contributed by atoms with Gasteiger partial charge in [0.15, 0.2) is 16.6 Å². The number of nitrogens with zero attached hydrogens (tertiary/aromatic N) is 2. The predicted molar refractivity (Wildman–Crippen MR) is 102 cm³/mol. The second kappa shape index (κ2) is 7.63. The molecular weight excluding hydrogens is 390 g/mol. The van der Waals surface area contributed by atoms with Gasteiger partial charge in [0.1, 0.15) is 0 Å². The lowest BCUT2D eigenvalue weighted by atomic mass is 10.2. The van der Waals surface area contributed by atoms with E-state index in [2.05, 4.69) is 26.3 Å². The number of rotatable bonds is 4. The average Bonchev–Trinajstić information content (AvgIpc) is 3.07. The summed E-state index contributed by atoms with van der Waals surface area (Å²) in [7, 11) is 1.80. The fourth-order valence-electron chi connectivity index (χ4n) is 2.16. The molecule has 0 aliphatic carbocycles. The largest absolute Gasteiger partial charge is 0.454 e. The summed E-state index contributed by atoms with van der Waals surface area (Å²) in [5.74, 6) is 1.43. The van der Waals surface area contributed by atoms with Crippen LogP contribution < -0.4 is 14.8 Å². The molecule has 0 saturated carbocycles. The van der Waals surface area contributed by atoms with Crippen LogP contribution >= 0.6 is 28.1 Å². The SMILES string of the molecule is CN(/N=C\c1cc(Br)c2c(c1)OCO2)C(=S)NCc1ccccc1. The average molecular weight is 406 g/mol. The van der Waals surface area contributed by atoms with Gasteiger partial charge in [-0.05, 0) is 51.4 Å². The van der Waals surface area contributed by atoms with Crippen LogP contribution in [0.25, 0.3) is 0 Å². The Labute approximate surface area is 154 Å². The van der Waals surface area contributed by atoms with Gasteiger partial charge in [-0.2, -0.15) is 5.10 Å². The van der Waals surface area contributed by atoms with Gasteiger partial charge in [-0.3, -0.25) is 0 Å². The molecule has 24 heavy (non-hydrogen) atoms. The molecule has 5 nitrogen and oxygen atoms in total. The molecule has 7 heteroatoms. The maximum atomic E-state index is 5.40. The molecule has 0 atom stereocenters. The summed E-state index contributed by atoms with van der Waals surface area (Å²) in [6, 6.07) is 13.9. The number of hydrogen-bond acceptors (Lipinski definition) is 4. The molecule has 0 spiro atoms. The second-order valence-electron chi connectivity index (χ2n) is 5.15. The maximum absolute atomic E-state index is 5.40. The van der Waals surface area contributed by atoms with E-state index in [1.807, 2.05) is 42.5 Å². The highest BCUT2D eigenvalue weighted by Gasteiger charge is 2.17. The Morgan fingerprint density at radius 2 is 2.12 bits per heavy atom. The standard InChI is InChI=1S/C17H16BrN3O2S/c1-21(17(24)19-9-12-5-3-2-4-6-12)20-10-13-7-14(18)16-15(8-13)22-11-23-16/h2-8,10H,9,11H2,1H3,(H,19,24)/b20-10-. The van der Waals surface area contributed by atoms with Crippen molar-refractivity contribution in [2.24, 2.45) is 5.10 Å². The molecule has 1 N–H and O–H groups in total. The van der Waals surface area contributed by atoms with Gasteiger partial charge >= 0.3 is 0 Å². The summed E-state index contributed by atoms with van der Waals surface area (Å²) in [6.07, 6.45) is 1.73. The molecule has 0 saturated heterocycles. The summed E-state index contributed by atoms with van der Waals surface area (Å²) in [5.41, 5.74) is 2.06. The third-order valence-electron chi connectivity index (χ3n) is 3.41. The fourth-order valence-corrected chi connectivity index (χ4v) is 2.85. The number of halogens is 1. The highest BCUT2D eigenvalue weighted by molar-refractivity contribution is 9.10. The Hall–Kier alpha value is -2.12. The lowest BCUT2D eigenvalue weighted by Gasteiger charge is -2.15. The molecule has 0 fully saturated rings. The van der Waals surface area contributed by atoms with Crippen LogP contribution in [0.3, 0.4) is 0 Å². The summed E-state index contributed by atoms with van der Waals surface area (Å²) in [5, 5.41) is 9.71. The molecule has 0 unspecified atom stereocenters.